The smallest absolute Gasteiger partial charge is 0.329 e. The molecule has 0 saturated carbocycles. The van der Waals surface area contributed by atoms with E-state index in [0.29, 0.717) is 6.54 Å². The first-order valence-corrected chi connectivity index (χ1v) is 4.57. The quantitative estimate of drug-likeness (QED) is 0.667. The largest absolute Gasteiger partial charge is 0.350 e. The lowest BCUT2D eigenvalue weighted by Crippen LogP contribution is -2.50. The van der Waals surface area contributed by atoms with E-state index in [0.717, 1.165) is 13.1 Å². The minimum Gasteiger partial charge on any atom is -0.350 e. The SMILES string of the molecule is CCN(C(N)=O)N1CCCCC1. The molecule has 2 N–H and O–H groups in total. The lowest BCUT2D eigenvalue weighted by molar-refractivity contribution is 0.00595. The second-order valence-electron chi connectivity index (χ2n) is 3.07. The molecule has 2 amide bonds. The van der Waals surface area contributed by atoms with Crippen molar-refractivity contribution in [1.82, 2.24) is 10.0 Å². The number of primary amides is 1. The highest BCUT2D eigenvalue weighted by molar-refractivity contribution is 5.71. The minimum absolute atomic E-state index is 0.334. The summed E-state index contributed by atoms with van der Waals surface area (Å²) in [6.07, 6.45) is 3.61. The lowest BCUT2D eigenvalue weighted by atomic mass is 10.2. The van der Waals surface area contributed by atoms with Gasteiger partial charge in [0.05, 0.1) is 0 Å². The van der Waals surface area contributed by atoms with Crippen molar-refractivity contribution >= 4 is 6.03 Å². The zero-order chi connectivity index (χ0) is 8.97. The molecule has 4 nitrogen and oxygen atoms in total. The van der Waals surface area contributed by atoms with Gasteiger partial charge in [-0.2, -0.15) is 0 Å². The van der Waals surface area contributed by atoms with Gasteiger partial charge in [-0.1, -0.05) is 6.42 Å². The number of hydrazine groups is 1. The van der Waals surface area contributed by atoms with Gasteiger partial charge >= 0.3 is 6.03 Å². The molecule has 1 aliphatic rings. The van der Waals surface area contributed by atoms with E-state index in [1.807, 2.05) is 11.9 Å². The van der Waals surface area contributed by atoms with Crippen molar-refractivity contribution in [1.29, 1.82) is 0 Å². The normalized spacial score (nSPS) is 19.1. The van der Waals surface area contributed by atoms with E-state index < -0.39 is 0 Å². The molecule has 1 rings (SSSR count). The number of nitrogens with two attached hydrogens (primary N) is 1. The van der Waals surface area contributed by atoms with E-state index >= 15 is 0 Å². The molecule has 0 aromatic carbocycles. The summed E-state index contributed by atoms with van der Waals surface area (Å²) in [5, 5.41) is 3.67. The van der Waals surface area contributed by atoms with Gasteiger partial charge < -0.3 is 5.73 Å². The molecule has 12 heavy (non-hydrogen) atoms. The minimum atomic E-state index is -0.334. The summed E-state index contributed by atoms with van der Waals surface area (Å²) in [6.45, 7) is 4.56. The van der Waals surface area contributed by atoms with Crippen molar-refractivity contribution < 1.29 is 4.79 Å². The molecule has 4 heteroatoms. The summed E-state index contributed by atoms with van der Waals surface area (Å²) in [5.41, 5.74) is 5.22. The van der Waals surface area contributed by atoms with Crippen LogP contribution in [0.25, 0.3) is 0 Å². The standard InChI is InChI=1S/C8H17N3O/c1-2-11(8(9)12)10-6-4-3-5-7-10/h2-7H2,1H3,(H2,9,12). The van der Waals surface area contributed by atoms with Gasteiger partial charge in [-0.3, -0.25) is 5.01 Å². The van der Waals surface area contributed by atoms with Crippen LogP contribution in [0.4, 0.5) is 4.79 Å². The summed E-state index contributed by atoms with van der Waals surface area (Å²) in [6, 6.07) is -0.334. The maximum atomic E-state index is 10.9. The fraction of sp³-hybridized carbons (Fsp3) is 0.875. The first kappa shape index (κ1) is 9.32. The Morgan fingerprint density at radius 1 is 1.42 bits per heavy atom. The highest BCUT2D eigenvalue weighted by Gasteiger charge is 2.18. The summed E-state index contributed by atoms with van der Waals surface area (Å²) in [7, 11) is 0. The number of hydrogen-bond donors (Lipinski definition) is 1. The number of hydrogen-bond acceptors (Lipinski definition) is 2. The zero-order valence-corrected chi connectivity index (χ0v) is 7.62. The monoisotopic (exact) mass is 171 g/mol. The Hall–Kier alpha value is -0.770. The molecule has 0 radical (unpaired) electrons. The van der Waals surface area contributed by atoms with Gasteiger partial charge in [0.1, 0.15) is 0 Å². The second kappa shape index (κ2) is 4.30. The van der Waals surface area contributed by atoms with Crippen LogP contribution in [0.3, 0.4) is 0 Å². The fourth-order valence-corrected chi connectivity index (χ4v) is 1.61. The molecule has 1 saturated heterocycles. The van der Waals surface area contributed by atoms with Crippen LogP contribution >= 0.6 is 0 Å². The van der Waals surface area contributed by atoms with Crippen LogP contribution in [0, 0.1) is 0 Å². The van der Waals surface area contributed by atoms with E-state index in [1.54, 1.807) is 5.01 Å². The number of piperidine rings is 1. The van der Waals surface area contributed by atoms with Crippen LogP contribution in [-0.4, -0.2) is 35.7 Å². The number of carbonyl (C=O) groups is 1. The maximum absolute atomic E-state index is 10.9. The third-order valence-corrected chi connectivity index (χ3v) is 2.23. The van der Waals surface area contributed by atoms with Crippen molar-refractivity contribution in [2.45, 2.75) is 26.2 Å². The predicted octanol–water partition coefficient (Wildman–Crippen LogP) is 0.788. The van der Waals surface area contributed by atoms with Gasteiger partial charge in [-0.05, 0) is 19.8 Å². The molecule has 0 bridgehead atoms. The molecular weight excluding hydrogens is 154 g/mol. The van der Waals surface area contributed by atoms with Gasteiger partial charge in [0.2, 0.25) is 0 Å². The Labute approximate surface area is 73.3 Å². The molecule has 1 heterocycles. The maximum Gasteiger partial charge on any atom is 0.329 e. The van der Waals surface area contributed by atoms with E-state index in [1.165, 1.54) is 19.3 Å². The molecule has 0 aromatic rings. The van der Waals surface area contributed by atoms with E-state index in [9.17, 15) is 4.79 Å². The summed E-state index contributed by atoms with van der Waals surface area (Å²) < 4.78 is 0. The molecule has 0 atom stereocenters. The average molecular weight is 171 g/mol. The lowest BCUT2D eigenvalue weighted by Gasteiger charge is -2.35. The van der Waals surface area contributed by atoms with Crippen LogP contribution in [0.1, 0.15) is 26.2 Å². The first-order valence-electron chi connectivity index (χ1n) is 4.57. The number of carbonyl (C=O) groups excluding carboxylic acids is 1. The van der Waals surface area contributed by atoms with E-state index in [-0.39, 0.29) is 6.03 Å². The number of nitrogens with zero attached hydrogens (tertiary/aromatic N) is 2. The van der Waals surface area contributed by atoms with Gasteiger partial charge in [-0.15, -0.1) is 0 Å². The Morgan fingerprint density at radius 3 is 2.42 bits per heavy atom. The summed E-state index contributed by atoms with van der Waals surface area (Å²) in [5.74, 6) is 0. The summed E-state index contributed by atoms with van der Waals surface area (Å²) in [4.78, 5) is 10.9. The Bertz CT molecular complexity index is 154. The van der Waals surface area contributed by atoms with Crippen LogP contribution < -0.4 is 5.73 Å². The van der Waals surface area contributed by atoms with Crippen molar-refractivity contribution in [3.63, 3.8) is 0 Å². The van der Waals surface area contributed by atoms with Crippen molar-refractivity contribution in [3.05, 3.63) is 0 Å². The molecule has 0 aromatic heterocycles. The summed E-state index contributed by atoms with van der Waals surface area (Å²) >= 11 is 0. The van der Waals surface area contributed by atoms with Gasteiger partial charge in [0.25, 0.3) is 0 Å². The van der Waals surface area contributed by atoms with Crippen LogP contribution in [0.5, 0.6) is 0 Å². The van der Waals surface area contributed by atoms with E-state index in [2.05, 4.69) is 0 Å². The van der Waals surface area contributed by atoms with Crippen molar-refractivity contribution in [2.75, 3.05) is 19.6 Å². The van der Waals surface area contributed by atoms with Crippen LogP contribution in [-0.2, 0) is 0 Å². The third kappa shape index (κ3) is 2.11. The molecule has 70 valence electrons. The number of urea groups is 1. The molecule has 0 spiro atoms. The van der Waals surface area contributed by atoms with Crippen molar-refractivity contribution in [2.24, 2.45) is 5.73 Å². The predicted molar refractivity (Wildman–Crippen MR) is 47.4 cm³/mol. The molecular formula is C8H17N3O. The van der Waals surface area contributed by atoms with Crippen molar-refractivity contribution in [3.8, 4) is 0 Å². The van der Waals surface area contributed by atoms with E-state index in [4.69, 9.17) is 5.73 Å². The first-order chi connectivity index (χ1) is 5.75. The average Bonchev–Trinajstić information content (AvgIpc) is 2.07. The Morgan fingerprint density at radius 2 is 2.00 bits per heavy atom. The molecule has 1 fully saturated rings. The number of amides is 2. The molecule has 0 aliphatic carbocycles. The molecule has 0 unspecified atom stereocenters. The zero-order valence-electron chi connectivity index (χ0n) is 7.62. The highest BCUT2D eigenvalue weighted by Crippen LogP contribution is 2.10. The highest BCUT2D eigenvalue weighted by atomic mass is 16.2. The van der Waals surface area contributed by atoms with Crippen LogP contribution in [0.2, 0.25) is 0 Å². The van der Waals surface area contributed by atoms with Gasteiger partial charge in [-0.25, -0.2) is 9.80 Å². The van der Waals surface area contributed by atoms with Gasteiger partial charge in [0, 0.05) is 19.6 Å². The molecule has 1 aliphatic heterocycles. The topological polar surface area (TPSA) is 49.6 Å². The Kier molecular flexibility index (Phi) is 3.34. The van der Waals surface area contributed by atoms with Crippen LogP contribution in [0.15, 0.2) is 0 Å². The van der Waals surface area contributed by atoms with Gasteiger partial charge in [0.15, 0.2) is 0 Å². The number of rotatable bonds is 2. The fourth-order valence-electron chi connectivity index (χ4n) is 1.61. The second-order valence-corrected chi connectivity index (χ2v) is 3.07. The third-order valence-electron chi connectivity index (χ3n) is 2.23. The Balaban J connectivity index is 2.46.